The molecule has 0 radical (unpaired) electrons. The highest BCUT2D eigenvalue weighted by molar-refractivity contribution is 6.40. The maximum Gasteiger partial charge on any atom is 0.260 e. The summed E-state index contributed by atoms with van der Waals surface area (Å²) in [7, 11) is 0. The lowest BCUT2D eigenvalue weighted by Gasteiger charge is -2.07. The van der Waals surface area contributed by atoms with Crippen molar-refractivity contribution in [1.82, 2.24) is 5.16 Å². The van der Waals surface area contributed by atoms with Crippen LogP contribution in [0.15, 0.2) is 35.2 Å². The van der Waals surface area contributed by atoms with E-state index >= 15 is 0 Å². The molecular formula is C10H6Cl2N2O2. The minimum Gasteiger partial charge on any atom is -0.364 e. The molecule has 2 aromatic rings. The zero-order chi connectivity index (χ0) is 11.5. The summed E-state index contributed by atoms with van der Waals surface area (Å²) < 4.78 is 4.56. The van der Waals surface area contributed by atoms with Crippen LogP contribution in [0.2, 0.25) is 10.0 Å². The first-order chi connectivity index (χ1) is 7.68. The Morgan fingerprint density at radius 2 is 2.00 bits per heavy atom. The number of aromatic nitrogens is 1. The predicted octanol–water partition coefficient (Wildman–Crippen LogP) is 3.23. The molecule has 1 N–H and O–H groups in total. The van der Waals surface area contributed by atoms with Gasteiger partial charge in [0, 0.05) is 0 Å². The maximum atomic E-state index is 11.7. The minimum atomic E-state index is -0.378. The van der Waals surface area contributed by atoms with Crippen molar-refractivity contribution < 1.29 is 9.32 Å². The summed E-state index contributed by atoms with van der Waals surface area (Å²) in [5.74, 6) is -0.378. The van der Waals surface area contributed by atoms with Gasteiger partial charge in [-0.25, -0.2) is 0 Å². The number of nitrogens with zero attached hydrogens (tertiary/aromatic N) is 1. The molecule has 6 heteroatoms. The first-order valence-corrected chi connectivity index (χ1v) is 5.09. The van der Waals surface area contributed by atoms with E-state index < -0.39 is 0 Å². The van der Waals surface area contributed by atoms with E-state index in [0.29, 0.717) is 21.3 Å². The molecule has 0 aliphatic rings. The predicted molar refractivity (Wildman–Crippen MR) is 60.9 cm³/mol. The molecule has 1 aromatic heterocycles. The Kier molecular flexibility index (Phi) is 3.12. The molecule has 1 aromatic carbocycles. The van der Waals surface area contributed by atoms with Gasteiger partial charge in [0.2, 0.25) is 0 Å². The van der Waals surface area contributed by atoms with E-state index in [4.69, 9.17) is 23.2 Å². The molecule has 82 valence electrons. The molecule has 0 atom stereocenters. The Hall–Kier alpha value is -1.52. The largest absolute Gasteiger partial charge is 0.364 e. The highest BCUT2D eigenvalue weighted by Crippen LogP contribution is 2.30. The zero-order valence-electron chi connectivity index (χ0n) is 7.91. The van der Waals surface area contributed by atoms with Crippen molar-refractivity contribution >= 4 is 34.8 Å². The van der Waals surface area contributed by atoms with E-state index in [9.17, 15) is 4.79 Å². The molecule has 0 bridgehead atoms. The Labute approximate surface area is 101 Å². The number of halogens is 2. The Balaban J connectivity index is 2.25. The number of hydrogen-bond donors (Lipinski definition) is 1. The Bertz CT molecular complexity index is 491. The molecular weight excluding hydrogens is 251 g/mol. The molecule has 0 aliphatic heterocycles. The van der Waals surface area contributed by atoms with Crippen molar-refractivity contribution in [3.8, 4) is 0 Å². The third kappa shape index (κ3) is 2.18. The fraction of sp³-hybridized carbons (Fsp3) is 0. The van der Waals surface area contributed by atoms with Crippen molar-refractivity contribution in [2.75, 3.05) is 5.32 Å². The highest BCUT2D eigenvalue weighted by Gasteiger charge is 2.12. The lowest BCUT2D eigenvalue weighted by atomic mass is 10.3. The van der Waals surface area contributed by atoms with Crippen LogP contribution in [0.4, 0.5) is 5.69 Å². The molecule has 0 aliphatic carbocycles. The summed E-state index contributed by atoms with van der Waals surface area (Å²) >= 11 is 11.8. The maximum absolute atomic E-state index is 11.7. The summed E-state index contributed by atoms with van der Waals surface area (Å²) in [5.41, 5.74) is 0.674. The van der Waals surface area contributed by atoms with Crippen molar-refractivity contribution in [3.05, 3.63) is 46.3 Å². The molecule has 2 rings (SSSR count). The number of hydrogen-bond acceptors (Lipinski definition) is 3. The number of amides is 1. The smallest absolute Gasteiger partial charge is 0.260 e. The van der Waals surface area contributed by atoms with Crippen LogP contribution in [0.3, 0.4) is 0 Å². The number of carbonyl (C=O) groups is 1. The van der Waals surface area contributed by atoms with E-state index in [-0.39, 0.29) is 5.91 Å². The standard InChI is InChI=1S/C10H6Cl2N2O2/c11-7-2-1-3-8(12)9(7)14-10(15)6-4-13-16-5-6/h1-5H,(H,14,15). The van der Waals surface area contributed by atoms with Gasteiger partial charge in [-0.15, -0.1) is 0 Å². The zero-order valence-corrected chi connectivity index (χ0v) is 9.42. The second-order valence-corrected chi connectivity index (χ2v) is 3.78. The van der Waals surface area contributed by atoms with Crippen molar-refractivity contribution in [2.45, 2.75) is 0 Å². The number of benzene rings is 1. The lowest BCUT2D eigenvalue weighted by Crippen LogP contribution is -2.11. The normalized spacial score (nSPS) is 10.1. The Morgan fingerprint density at radius 3 is 2.56 bits per heavy atom. The van der Waals surface area contributed by atoms with E-state index in [0.717, 1.165) is 0 Å². The van der Waals surface area contributed by atoms with Crippen molar-refractivity contribution in [3.63, 3.8) is 0 Å². The average molecular weight is 257 g/mol. The SMILES string of the molecule is O=C(Nc1c(Cl)cccc1Cl)c1cnoc1. The molecule has 0 saturated heterocycles. The molecule has 0 unspecified atom stereocenters. The molecule has 16 heavy (non-hydrogen) atoms. The minimum absolute atomic E-state index is 0.302. The second-order valence-electron chi connectivity index (χ2n) is 2.96. The summed E-state index contributed by atoms with van der Waals surface area (Å²) in [4.78, 5) is 11.7. The van der Waals surface area contributed by atoms with Gasteiger partial charge in [0.15, 0.2) is 0 Å². The summed E-state index contributed by atoms with van der Waals surface area (Å²) in [6.07, 6.45) is 2.54. The van der Waals surface area contributed by atoms with Crippen LogP contribution in [-0.4, -0.2) is 11.1 Å². The molecule has 0 fully saturated rings. The molecule has 0 saturated carbocycles. The van der Waals surface area contributed by atoms with Crippen LogP contribution in [0.5, 0.6) is 0 Å². The topological polar surface area (TPSA) is 55.1 Å². The van der Waals surface area contributed by atoms with Crippen LogP contribution >= 0.6 is 23.2 Å². The molecule has 4 nitrogen and oxygen atoms in total. The van der Waals surface area contributed by atoms with Gasteiger partial charge in [0.05, 0.1) is 27.5 Å². The van der Waals surface area contributed by atoms with Crippen LogP contribution in [-0.2, 0) is 0 Å². The van der Waals surface area contributed by atoms with Crippen LogP contribution in [0.1, 0.15) is 10.4 Å². The lowest BCUT2D eigenvalue weighted by molar-refractivity contribution is 0.102. The number of anilines is 1. The quantitative estimate of drug-likeness (QED) is 0.898. The summed E-state index contributed by atoms with van der Waals surface area (Å²) in [5, 5.41) is 6.75. The monoisotopic (exact) mass is 256 g/mol. The van der Waals surface area contributed by atoms with Gasteiger partial charge in [0.1, 0.15) is 6.26 Å². The van der Waals surface area contributed by atoms with Gasteiger partial charge in [0.25, 0.3) is 5.91 Å². The first kappa shape index (κ1) is 11.0. The van der Waals surface area contributed by atoms with E-state index in [1.807, 2.05) is 0 Å². The third-order valence-corrected chi connectivity index (χ3v) is 2.53. The number of para-hydroxylation sites is 1. The fourth-order valence-electron chi connectivity index (χ4n) is 1.12. The van der Waals surface area contributed by atoms with Gasteiger partial charge in [-0.05, 0) is 12.1 Å². The second kappa shape index (κ2) is 4.55. The molecule has 1 amide bonds. The van der Waals surface area contributed by atoms with Crippen LogP contribution in [0, 0.1) is 0 Å². The van der Waals surface area contributed by atoms with Gasteiger partial charge in [-0.1, -0.05) is 34.4 Å². The average Bonchev–Trinajstić information content (AvgIpc) is 2.76. The summed E-state index contributed by atoms with van der Waals surface area (Å²) in [6, 6.07) is 4.97. The van der Waals surface area contributed by atoms with E-state index in [1.54, 1.807) is 18.2 Å². The van der Waals surface area contributed by atoms with Gasteiger partial charge >= 0.3 is 0 Å². The molecule has 1 heterocycles. The third-order valence-electron chi connectivity index (χ3n) is 1.90. The van der Waals surface area contributed by atoms with E-state index in [1.165, 1.54) is 12.5 Å². The van der Waals surface area contributed by atoms with Crippen molar-refractivity contribution in [1.29, 1.82) is 0 Å². The van der Waals surface area contributed by atoms with Crippen LogP contribution in [0.25, 0.3) is 0 Å². The fourth-order valence-corrected chi connectivity index (χ4v) is 1.61. The van der Waals surface area contributed by atoms with Gasteiger partial charge in [-0.3, -0.25) is 4.79 Å². The van der Waals surface area contributed by atoms with Crippen LogP contribution < -0.4 is 5.32 Å². The van der Waals surface area contributed by atoms with Gasteiger partial charge in [-0.2, -0.15) is 0 Å². The summed E-state index contributed by atoms with van der Waals surface area (Å²) in [6.45, 7) is 0. The number of rotatable bonds is 2. The van der Waals surface area contributed by atoms with Crippen molar-refractivity contribution in [2.24, 2.45) is 0 Å². The highest BCUT2D eigenvalue weighted by atomic mass is 35.5. The number of carbonyl (C=O) groups excluding carboxylic acids is 1. The van der Waals surface area contributed by atoms with E-state index in [2.05, 4.69) is 15.0 Å². The Morgan fingerprint density at radius 1 is 1.31 bits per heavy atom. The number of nitrogens with one attached hydrogen (secondary N) is 1. The van der Waals surface area contributed by atoms with Gasteiger partial charge < -0.3 is 9.84 Å². The molecule has 0 spiro atoms. The first-order valence-electron chi connectivity index (χ1n) is 4.33.